The standard InChI is InChI=1S/C14H15BrN2O2/c1-10-2-3-12(15)11(8-10)13(18)17-14(9-16)4-6-19-7-5-14/h2-3,8H,4-7H2,1H3,(H,17,18). The van der Waals surface area contributed by atoms with Crippen molar-refractivity contribution in [2.24, 2.45) is 0 Å². The summed E-state index contributed by atoms with van der Waals surface area (Å²) in [5.74, 6) is -0.223. The quantitative estimate of drug-likeness (QED) is 0.910. The average Bonchev–Trinajstić information content (AvgIpc) is 2.42. The molecule has 0 radical (unpaired) electrons. The summed E-state index contributed by atoms with van der Waals surface area (Å²) in [6.07, 6.45) is 1.05. The summed E-state index contributed by atoms with van der Waals surface area (Å²) in [4.78, 5) is 12.3. The zero-order valence-corrected chi connectivity index (χ0v) is 12.3. The van der Waals surface area contributed by atoms with Gasteiger partial charge in [-0.15, -0.1) is 0 Å². The summed E-state index contributed by atoms with van der Waals surface area (Å²) in [5.41, 5.74) is 0.755. The molecule has 0 spiro atoms. The number of hydrogen-bond donors (Lipinski definition) is 1. The maximum absolute atomic E-state index is 12.3. The van der Waals surface area contributed by atoms with E-state index in [4.69, 9.17) is 4.74 Å². The number of nitriles is 1. The van der Waals surface area contributed by atoms with Crippen LogP contribution in [-0.2, 0) is 4.74 Å². The lowest BCUT2D eigenvalue weighted by Gasteiger charge is -2.31. The summed E-state index contributed by atoms with van der Waals surface area (Å²) >= 11 is 3.37. The Morgan fingerprint density at radius 2 is 2.16 bits per heavy atom. The van der Waals surface area contributed by atoms with Crippen LogP contribution in [-0.4, -0.2) is 24.7 Å². The molecular formula is C14H15BrN2O2. The highest BCUT2D eigenvalue weighted by Gasteiger charge is 2.34. The Morgan fingerprint density at radius 3 is 2.79 bits per heavy atom. The molecule has 1 aromatic rings. The number of ether oxygens (including phenoxy) is 1. The minimum Gasteiger partial charge on any atom is -0.381 e. The van der Waals surface area contributed by atoms with E-state index in [-0.39, 0.29) is 5.91 Å². The van der Waals surface area contributed by atoms with Gasteiger partial charge in [0, 0.05) is 30.5 Å². The molecular weight excluding hydrogens is 308 g/mol. The maximum atomic E-state index is 12.3. The highest BCUT2D eigenvalue weighted by molar-refractivity contribution is 9.10. The van der Waals surface area contributed by atoms with Crippen LogP contribution in [0.5, 0.6) is 0 Å². The summed E-state index contributed by atoms with van der Waals surface area (Å²) in [5, 5.41) is 12.2. The van der Waals surface area contributed by atoms with Gasteiger partial charge in [-0.25, -0.2) is 0 Å². The zero-order chi connectivity index (χ0) is 13.9. The molecule has 1 fully saturated rings. The van der Waals surface area contributed by atoms with E-state index in [0.717, 1.165) is 10.0 Å². The lowest BCUT2D eigenvalue weighted by molar-refractivity contribution is 0.0531. The van der Waals surface area contributed by atoms with Gasteiger partial charge in [0.25, 0.3) is 5.91 Å². The fourth-order valence-electron chi connectivity index (χ4n) is 2.08. The van der Waals surface area contributed by atoms with Crippen molar-refractivity contribution in [1.29, 1.82) is 5.26 Å². The number of nitrogens with zero attached hydrogens (tertiary/aromatic N) is 1. The van der Waals surface area contributed by atoms with E-state index in [2.05, 4.69) is 27.3 Å². The van der Waals surface area contributed by atoms with Crippen molar-refractivity contribution in [3.63, 3.8) is 0 Å². The Labute approximate surface area is 120 Å². The number of carbonyl (C=O) groups excluding carboxylic acids is 1. The minimum atomic E-state index is -0.807. The van der Waals surface area contributed by atoms with Gasteiger partial charge in [-0.1, -0.05) is 11.6 Å². The molecule has 1 amide bonds. The number of rotatable bonds is 2. The average molecular weight is 323 g/mol. The minimum absolute atomic E-state index is 0.223. The second-order valence-electron chi connectivity index (χ2n) is 4.74. The second kappa shape index (κ2) is 5.72. The molecule has 0 atom stereocenters. The molecule has 0 unspecified atom stereocenters. The van der Waals surface area contributed by atoms with Gasteiger partial charge >= 0.3 is 0 Å². The van der Waals surface area contributed by atoms with Gasteiger partial charge in [0.05, 0.1) is 11.6 Å². The van der Waals surface area contributed by atoms with Crippen molar-refractivity contribution in [3.8, 4) is 6.07 Å². The van der Waals surface area contributed by atoms with Crippen LogP contribution in [0.15, 0.2) is 22.7 Å². The highest BCUT2D eigenvalue weighted by Crippen LogP contribution is 2.23. The SMILES string of the molecule is Cc1ccc(Br)c(C(=O)NC2(C#N)CCOCC2)c1. The first-order valence-electron chi connectivity index (χ1n) is 6.14. The molecule has 1 heterocycles. The Hall–Kier alpha value is -1.38. The Balaban J connectivity index is 2.20. The summed E-state index contributed by atoms with van der Waals surface area (Å²) in [7, 11) is 0. The van der Waals surface area contributed by atoms with Gasteiger partial charge in [0.2, 0.25) is 0 Å². The molecule has 2 rings (SSSR count). The topological polar surface area (TPSA) is 62.1 Å². The maximum Gasteiger partial charge on any atom is 0.253 e. The van der Waals surface area contributed by atoms with Gasteiger partial charge < -0.3 is 10.1 Å². The van der Waals surface area contributed by atoms with E-state index in [1.165, 1.54) is 0 Å². The van der Waals surface area contributed by atoms with Gasteiger partial charge in [-0.2, -0.15) is 5.26 Å². The van der Waals surface area contributed by atoms with E-state index < -0.39 is 5.54 Å². The molecule has 0 bridgehead atoms. The number of aryl methyl sites for hydroxylation is 1. The highest BCUT2D eigenvalue weighted by atomic mass is 79.9. The van der Waals surface area contributed by atoms with Crippen LogP contribution in [0.2, 0.25) is 0 Å². The Bertz CT molecular complexity index is 531. The van der Waals surface area contributed by atoms with E-state index in [1.807, 2.05) is 25.1 Å². The van der Waals surface area contributed by atoms with Crippen LogP contribution >= 0.6 is 15.9 Å². The van der Waals surface area contributed by atoms with Gasteiger partial charge in [-0.05, 0) is 35.0 Å². The molecule has 0 aromatic heterocycles. The van der Waals surface area contributed by atoms with Gasteiger partial charge in [0.1, 0.15) is 5.54 Å². The third-order valence-electron chi connectivity index (χ3n) is 3.28. The third-order valence-corrected chi connectivity index (χ3v) is 3.97. The number of amides is 1. The molecule has 0 aliphatic carbocycles. The molecule has 1 N–H and O–H groups in total. The molecule has 1 aromatic carbocycles. The number of hydrogen-bond acceptors (Lipinski definition) is 3. The van der Waals surface area contributed by atoms with E-state index in [9.17, 15) is 10.1 Å². The number of halogens is 1. The lowest BCUT2D eigenvalue weighted by atomic mass is 9.91. The van der Waals surface area contributed by atoms with Crippen molar-refractivity contribution in [2.45, 2.75) is 25.3 Å². The second-order valence-corrected chi connectivity index (χ2v) is 5.60. The van der Waals surface area contributed by atoms with Crippen molar-refractivity contribution >= 4 is 21.8 Å². The molecule has 1 aliphatic heterocycles. The van der Waals surface area contributed by atoms with Gasteiger partial charge in [-0.3, -0.25) is 4.79 Å². The molecule has 4 nitrogen and oxygen atoms in total. The van der Waals surface area contributed by atoms with Crippen LogP contribution in [0.25, 0.3) is 0 Å². The zero-order valence-electron chi connectivity index (χ0n) is 10.7. The van der Waals surface area contributed by atoms with Crippen LogP contribution in [0.1, 0.15) is 28.8 Å². The number of nitrogens with one attached hydrogen (secondary N) is 1. The van der Waals surface area contributed by atoms with Crippen molar-refractivity contribution < 1.29 is 9.53 Å². The van der Waals surface area contributed by atoms with Crippen molar-refractivity contribution in [3.05, 3.63) is 33.8 Å². The first-order chi connectivity index (χ1) is 9.06. The van der Waals surface area contributed by atoms with E-state index in [0.29, 0.717) is 31.6 Å². The van der Waals surface area contributed by atoms with E-state index >= 15 is 0 Å². The summed E-state index contributed by atoms with van der Waals surface area (Å²) in [6.45, 7) is 2.93. The molecule has 1 saturated heterocycles. The van der Waals surface area contributed by atoms with Crippen LogP contribution in [0.3, 0.4) is 0 Å². The fraction of sp³-hybridized carbons (Fsp3) is 0.429. The Morgan fingerprint density at radius 1 is 1.47 bits per heavy atom. The molecule has 100 valence electrons. The number of benzene rings is 1. The smallest absolute Gasteiger partial charge is 0.253 e. The molecule has 5 heteroatoms. The van der Waals surface area contributed by atoms with Crippen LogP contribution in [0.4, 0.5) is 0 Å². The first kappa shape index (κ1) is 14.0. The van der Waals surface area contributed by atoms with Gasteiger partial charge in [0.15, 0.2) is 0 Å². The predicted molar refractivity (Wildman–Crippen MR) is 74.7 cm³/mol. The molecule has 1 aliphatic rings. The Kier molecular flexibility index (Phi) is 4.23. The lowest BCUT2D eigenvalue weighted by Crippen LogP contribution is -2.51. The fourth-order valence-corrected chi connectivity index (χ4v) is 2.51. The molecule has 0 saturated carbocycles. The monoisotopic (exact) mass is 322 g/mol. The number of carbonyl (C=O) groups is 1. The third kappa shape index (κ3) is 3.14. The normalized spacial score (nSPS) is 17.5. The van der Waals surface area contributed by atoms with Crippen molar-refractivity contribution in [1.82, 2.24) is 5.32 Å². The van der Waals surface area contributed by atoms with Crippen LogP contribution in [0, 0.1) is 18.3 Å². The molecule has 19 heavy (non-hydrogen) atoms. The predicted octanol–water partition coefficient (Wildman–Crippen LogP) is 2.56. The largest absolute Gasteiger partial charge is 0.381 e. The van der Waals surface area contributed by atoms with Crippen LogP contribution < -0.4 is 5.32 Å². The van der Waals surface area contributed by atoms with E-state index in [1.54, 1.807) is 0 Å². The summed E-state index contributed by atoms with van der Waals surface area (Å²) in [6, 6.07) is 7.80. The summed E-state index contributed by atoms with van der Waals surface area (Å²) < 4.78 is 5.98. The van der Waals surface area contributed by atoms with Crippen molar-refractivity contribution in [2.75, 3.05) is 13.2 Å². The first-order valence-corrected chi connectivity index (χ1v) is 6.93.